The molecule has 0 radical (unpaired) electrons. The number of nitrogens with zero attached hydrogens (tertiary/aromatic N) is 2. The van der Waals surface area contributed by atoms with Gasteiger partial charge in [-0.2, -0.15) is 5.10 Å². The lowest BCUT2D eigenvalue weighted by Gasteiger charge is -2.34. The first-order chi connectivity index (χ1) is 7.83. The van der Waals surface area contributed by atoms with Crippen molar-refractivity contribution in [2.75, 3.05) is 6.54 Å². The minimum absolute atomic E-state index is 0.238. The van der Waals surface area contributed by atoms with E-state index in [2.05, 4.69) is 28.2 Å². The van der Waals surface area contributed by atoms with E-state index in [1.165, 1.54) is 50.8 Å². The van der Waals surface area contributed by atoms with Gasteiger partial charge < -0.3 is 5.32 Å². The second-order valence-electron chi connectivity index (χ2n) is 5.32. The van der Waals surface area contributed by atoms with Gasteiger partial charge in [0.05, 0.1) is 11.2 Å². The third-order valence-corrected chi connectivity index (χ3v) is 4.24. The Morgan fingerprint density at radius 1 is 1.38 bits per heavy atom. The Labute approximate surface area is 97.2 Å². The summed E-state index contributed by atoms with van der Waals surface area (Å²) in [7, 11) is 2.08. The highest BCUT2D eigenvalue weighted by Crippen LogP contribution is 2.49. The van der Waals surface area contributed by atoms with Crippen LogP contribution in [0.3, 0.4) is 0 Å². The van der Waals surface area contributed by atoms with Crippen molar-refractivity contribution < 1.29 is 0 Å². The lowest BCUT2D eigenvalue weighted by molar-refractivity contribution is 0.261. The van der Waals surface area contributed by atoms with Gasteiger partial charge in [-0.25, -0.2) is 0 Å². The van der Waals surface area contributed by atoms with Gasteiger partial charge in [-0.1, -0.05) is 12.8 Å². The van der Waals surface area contributed by atoms with E-state index in [1.54, 1.807) is 0 Å². The van der Waals surface area contributed by atoms with Crippen LogP contribution < -0.4 is 5.32 Å². The predicted octanol–water partition coefficient (Wildman–Crippen LogP) is 2.19. The first kappa shape index (κ1) is 10.3. The molecule has 2 aliphatic rings. The molecule has 1 aliphatic carbocycles. The van der Waals surface area contributed by atoms with Crippen LogP contribution in [0, 0.1) is 5.92 Å². The highest BCUT2D eigenvalue weighted by molar-refractivity contribution is 5.20. The van der Waals surface area contributed by atoms with Crippen molar-refractivity contribution >= 4 is 0 Å². The fourth-order valence-electron chi connectivity index (χ4n) is 3.27. The summed E-state index contributed by atoms with van der Waals surface area (Å²) < 4.78 is 2.07. The highest BCUT2D eigenvalue weighted by Gasteiger charge is 2.47. The van der Waals surface area contributed by atoms with E-state index in [0.29, 0.717) is 0 Å². The maximum absolute atomic E-state index is 4.35. The van der Waals surface area contributed by atoms with E-state index in [4.69, 9.17) is 0 Å². The van der Waals surface area contributed by atoms with Crippen LogP contribution in [0.25, 0.3) is 0 Å². The van der Waals surface area contributed by atoms with Crippen molar-refractivity contribution in [2.24, 2.45) is 13.0 Å². The molecule has 0 amide bonds. The zero-order valence-corrected chi connectivity index (χ0v) is 10.1. The largest absolute Gasteiger partial charge is 0.306 e. The third kappa shape index (κ3) is 1.58. The van der Waals surface area contributed by atoms with Gasteiger partial charge in [0.15, 0.2) is 0 Å². The first-order valence-electron chi connectivity index (χ1n) is 6.56. The molecular weight excluding hydrogens is 198 g/mol. The zero-order chi connectivity index (χ0) is 11.0. The van der Waals surface area contributed by atoms with Crippen LogP contribution in [0.1, 0.15) is 44.2 Å². The van der Waals surface area contributed by atoms with Crippen molar-refractivity contribution in [3.05, 3.63) is 18.0 Å². The van der Waals surface area contributed by atoms with Crippen LogP contribution in [-0.2, 0) is 12.6 Å². The molecule has 0 spiro atoms. The van der Waals surface area contributed by atoms with Gasteiger partial charge in [-0.15, -0.1) is 0 Å². The monoisotopic (exact) mass is 219 g/mol. The van der Waals surface area contributed by atoms with Crippen molar-refractivity contribution in [1.29, 1.82) is 0 Å². The Balaban J connectivity index is 1.98. The summed E-state index contributed by atoms with van der Waals surface area (Å²) in [6, 6.07) is 2.20. The van der Waals surface area contributed by atoms with E-state index < -0.39 is 0 Å². The molecule has 1 unspecified atom stereocenters. The first-order valence-corrected chi connectivity index (χ1v) is 6.56. The second-order valence-corrected chi connectivity index (χ2v) is 5.32. The molecule has 1 atom stereocenters. The Kier molecular flexibility index (Phi) is 2.51. The molecule has 2 heterocycles. The van der Waals surface area contributed by atoms with Crippen LogP contribution >= 0.6 is 0 Å². The fraction of sp³-hybridized carbons (Fsp3) is 0.769. The molecule has 1 aliphatic heterocycles. The molecule has 1 aromatic rings. The summed E-state index contributed by atoms with van der Waals surface area (Å²) in [5.74, 6) is 0.848. The number of hydrogen-bond donors (Lipinski definition) is 1. The molecule has 16 heavy (non-hydrogen) atoms. The van der Waals surface area contributed by atoms with Gasteiger partial charge in [-0.05, 0) is 44.2 Å². The predicted molar refractivity (Wildman–Crippen MR) is 64.1 cm³/mol. The normalized spacial score (nSPS) is 31.3. The van der Waals surface area contributed by atoms with Crippen molar-refractivity contribution in [1.82, 2.24) is 15.1 Å². The highest BCUT2D eigenvalue weighted by atomic mass is 15.3. The van der Waals surface area contributed by atoms with E-state index in [-0.39, 0.29) is 5.54 Å². The molecule has 0 bridgehead atoms. The quantitative estimate of drug-likeness (QED) is 0.826. The van der Waals surface area contributed by atoms with Crippen molar-refractivity contribution in [3.8, 4) is 0 Å². The molecule has 1 saturated heterocycles. The minimum atomic E-state index is 0.238. The Hall–Kier alpha value is -0.830. The molecule has 1 N–H and O–H groups in total. The molecule has 3 heteroatoms. The Morgan fingerprint density at radius 3 is 2.94 bits per heavy atom. The minimum Gasteiger partial charge on any atom is -0.306 e. The molecular formula is C13H21N3. The second kappa shape index (κ2) is 3.88. The summed E-state index contributed by atoms with van der Waals surface area (Å²) in [6.07, 6.45) is 10.1. The third-order valence-electron chi connectivity index (χ3n) is 4.24. The van der Waals surface area contributed by atoms with Gasteiger partial charge in [-0.3, -0.25) is 4.68 Å². The zero-order valence-electron chi connectivity index (χ0n) is 10.1. The van der Waals surface area contributed by atoms with Gasteiger partial charge in [0, 0.05) is 13.2 Å². The summed E-state index contributed by atoms with van der Waals surface area (Å²) in [5.41, 5.74) is 1.64. The van der Waals surface area contributed by atoms with Gasteiger partial charge in [0.1, 0.15) is 0 Å². The van der Waals surface area contributed by atoms with Crippen LogP contribution in [-0.4, -0.2) is 16.3 Å². The van der Waals surface area contributed by atoms with Crippen LogP contribution in [0.5, 0.6) is 0 Å². The summed E-state index contributed by atoms with van der Waals surface area (Å²) in [5, 5.41) is 8.19. The van der Waals surface area contributed by atoms with Crippen LogP contribution in [0.2, 0.25) is 0 Å². The molecule has 2 fully saturated rings. The SMILES string of the molecule is Cn1nccc1C1(C2CC2)CCCCCN1. The molecule has 0 aromatic carbocycles. The maximum Gasteiger partial charge on any atom is 0.0633 e. The van der Waals surface area contributed by atoms with E-state index in [9.17, 15) is 0 Å². The number of aromatic nitrogens is 2. The summed E-state index contributed by atoms with van der Waals surface area (Å²) >= 11 is 0. The number of aryl methyl sites for hydroxylation is 1. The molecule has 3 rings (SSSR count). The van der Waals surface area contributed by atoms with Gasteiger partial charge >= 0.3 is 0 Å². The molecule has 1 saturated carbocycles. The average molecular weight is 219 g/mol. The standard InChI is InChI=1S/C13H21N3/c1-16-12(7-10-15-16)13(11-5-6-11)8-3-2-4-9-14-13/h7,10-11,14H,2-6,8-9H2,1H3. The topological polar surface area (TPSA) is 29.9 Å². The lowest BCUT2D eigenvalue weighted by atomic mass is 9.84. The smallest absolute Gasteiger partial charge is 0.0633 e. The maximum atomic E-state index is 4.35. The molecule has 1 aromatic heterocycles. The van der Waals surface area contributed by atoms with Crippen LogP contribution in [0.4, 0.5) is 0 Å². The number of nitrogens with one attached hydrogen (secondary N) is 1. The van der Waals surface area contributed by atoms with Gasteiger partial charge in [0.25, 0.3) is 0 Å². The fourth-order valence-corrected chi connectivity index (χ4v) is 3.27. The van der Waals surface area contributed by atoms with Crippen molar-refractivity contribution in [2.45, 2.75) is 44.1 Å². The Morgan fingerprint density at radius 2 is 2.25 bits per heavy atom. The molecule has 3 nitrogen and oxygen atoms in total. The van der Waals surface area contributed by atoms with E-state index in [0.717, 1.165) is 5.92 Å². The average Bonchev–Trinajstić information content (AvgIpc) is 3.07. The summed E-state index contributed by atoms with van der Waals surface area (Å²) in [4.78, 5) is 0. The van der Waals surface area contributed by atoms with Crippen molar-refractivity contribution in [3.63, 3.8) is 0 Å². The Bertz CT molecular complexity index is 357. The van der Waals surface area contributed by atoms with E-state index >= 15 is 0 Å². The number of hydrogen-bond acceptors (Lipinski definition) is 2. The van der Waals surface area contributed by atoms with Crippen LogP contribution in [0.15, 0.2) is 12.3 Å². The summed E-state index contributed by atoms with van der Waals surface area (Å²) in [6.45, 7) is 1.17. The van der Waals surface area contributed by atoms with Gasteiger partial charge in [0.2, 0.25) is 0 Å². The lowest BCUT2D eigenvalue weighted by Crippen LogP contribution is -2.45. The molecule has 88 valence electrons. The number of rotatable bonds is 2. The van der Waals surface area contributed by atoms with E-state index in [1.807, 2.05) is 6.20 Å².